The van der Waals surface area contributed by atoms with Crippen molar-refractivity contribution in [3.05, 3.63) is 53.3 Å². The maximum absolute atomic E-state index is 6.02. The van der Waals surface area contributed by atoms with Gasteiger partial charge in [0.1, 0.15) is 11.3 Å². The van der Waals surface area contributed by atoms with E-state index in [4.69, 9.17) is 9.47 Å². The number of hydrogen-bond donors (Lipinski definition) is 0. The molecule has 3 rings (SSSR count). The van der Waals surface area contributed by atoms with Gasteiger partial charge in [0.25, 0.3) is 0 Å². The number of nitrogens with zero attached hydrogens (tertiary/aromatic N) is 2. The third-order valence-electron chi connectivity index (χ3n) is 4.54. The van der Waals surface area contributed by atoms with Gasteiger partial charge in [-0.2, -0.15) is 0 Å². The van der Waals surface area contributed by atoms with Gasteiger partial charge >= 0.3 is 0 Å². The summed E-state index contributed by atoms with van der Waals surface area (Å²) in [7, 11) is 1.70. The standard InChI is InChI=1S/C21H26N2O2/c1-14(2)13-25-21-20-19(9-10-22-21)15(3)16(4)23(20)12-17-7-6-8-18(11-17)24-5/h6-11,14H,12-13H2,1-5H3. The molecule has 0 unspecified atom stereocenters. The molecule has 0 saturated carbocycles. The number of rotatable bonds is 6. The molecule has 25 heavy (non-hydrogen) atoms. The number of fused-ring (bicyclic) bond motifs is 1. The monoisotopic (exact) mass is 338 g/mol. The molecule has 0 atom stereocenters. The summed E-state index contributed by atoms with van der Waals surface area (Å²) in [5.41, 5.74) is 4.77. The van der Waals surface area contributed by atoms with Crippen molar-refractivity contribution in [2.45, 2.75) is 34.2 Å². The average molecular weight is 338 g/mol. The molecule has 0 aliphatic heterocycles. The molecule has 4 nitrogen and oxygen atoms in total. The molecule has 4 heteroatoms. The third-order valence-corrected chi connectivity index (χ3v) is 4.54. The zero-order valence-corrected chi connectivity index (χ0v) is 15.7. The van der Waals surface area contributed by atoms with Crippen LogP contribution in [-0.2, 0) is 6.54 Å². The Labute approximate surface area is 149 Å². The minimum absolute atomic E-state index is 0.459. The first kappa shape index (κ1) is 17.3. The highest BCUT2D eigenvalue weighted by atomic mass is 16.5. The molecule has 3 aromatic rings. The van der Waals surface area contributed by atoms with E-state index in [0.29, 0.717) is 18.4 Å². The van der Waals surface area contributed by atoms with Crippen molar-refractivity contribution in [2.75, 3.05) is 13.7 Å². The Kier molecular flexibility index (Phi) is 4.98. The molecule has 0 radical (unpaired) electrons. The van der Waals surface area contributed by atoms with E-state index < -0.39 is 0 Å². The molecule has 0 aliphatic rings. The van der Waals surface area contributed by atoms with Crippen LogP contribution >= 0.6 is 0 Å². The van der Waals surface area contributed by atoms with E-state index in [9.17, 15) is 0 Å². The van der Waals surface area contributed by atoms with Crippen molar-refractivity contribution in [2.24, 2.45) is 5.92 Å². The first-order chi connectivity index (χ1) is 12.0. The Bertz CT molecular complexity index is 881. The van der Waals surface area contributed by atoms with Gasteiger partial charge in [-0.1, -0.05) is 26.0 Å². The van der Waals surface area contributed by atoms with Gasteiger partial charge < -0.3 is 14.0 Å². The minimum Gasteiger partial charge on any atom is -0.497 e. The molecular formula is C21H26N2O2. The first-order valence-electron chi connectivity index (χ1n) is 8.71. The van der Waals surface area contributed by atoms with E-state index in [1.165, 1.54) is 22.2 Å². The van der Waals surface area contributed by atoms with E-state index in [-0.39, 0.29) is 0 Å². The number of benzene rings is 1. The highest BCUT2D eigenvalue weighted by Gasteiger charge is 2.17. The van der Waals surface area contributed by atoms with Crippen molar-refractivity contribution < 1.29 is 9.47 Å². The number of pyridine rings is 1. The summed E-state index contributed by atoms with van der Waals surface area (Å²) >= 11 is 0. The van der Waals surface area contributed by atoms with Gasteiger partial charge in [0.05, 0.1) is 13.7 Å². The lowest BCUT2D eigenvalue weighted by Crippen LogP contribution is -2.08. The van der Waals surface area contributed by atoms with Crippen molar-refractivity contribution in [3.8, 4) is 11.6 Å². The summed E-state index contributed by atoms with van der Waals surface area (Å²) in [4.78, 5) is 4.50. The lowest BCUT2D eigenvalue weighted by molar-refractivity contribution is 0.263. The van der Waals surface area contributed by atoms with Crippen LogP contribution in [0.2, 0.25) is 0 Å². The van der Waals surface area contributed by atoms with Gasteiger partial charge in [-0.3, -0.25) is 0 Å². The normalized spacial score (nSPS) is 11.3. The molecule has 2 aromatic heterocycles. The Balaban J connectivity index is 2.08. The SMILES string of the molecule is COc1cccc(Cn2c(C)c(C)c3ccnc(OCC(C)C)c32)c1. The molecule has 132 valence electrons. The second-order valence-electron chi connectivity index (χ2n) is 6.87. The quantitative estimate of drug-likeness (QED) is 0.651. The molecule has 0 aliphatic carbocycles. The van der Waals surface area contributed by atoms with Gasteiger partial charge in [0.2, 0.25) is 5.88 Å². The number of hydrogen-bond acceptors (Lipinski definition) is 3. The largest absolute Gasteiger partial charge is 0.497 e. The van der Waals surface area contributed by atoms with Gasteiger partial charge in [-0.05, 0) is 49.1 Å². The Hall–Kier alpha value is -2.49. The molecule has 1 aromatic carbocycles. The lowest BCUT2D eigenvalue weighted by Gasteiger charge is -2.13. The minimum atomic E-state index is 0.459. The van der Waals surface area contributed by atoms with Crippen LogP contribution < -0.4 is 9.47 Å². The second kappa shape index (κ2) is 7.18. The lowest BCUT2D eigenvalue weighted by atomic mass is 10.2. The van der Waals surface area contributed by atoms with Crippen molar-refractivity contribution >= 4 is 10.9 Å². The smallest absolute Gasteiger partial charge is 0.238 e. The highest BCUT2D eigenvalue weighted by Crippen LogP contribution is 2.32. The number of aryl methyl sites for hydroxylation is 1. The van der Waals surface area contributed by atoms with Crippen LogP contribution in [0.3, 0.4) is 0 Å². The van der Waals surface area contributed by atoms with Gasteiger partial charge in [-0.25, -0.2) is 4.98 Å². The molecular weight excluding hydrogens is 312 g/mol. The number of ether oxygens (including phenoxy) is 2. The Morgan fingerprint density at radius 3 is 2.68 bits per heavy atom. The summed E-state index contributed by atoms with van der Waals surface area (Å²) in [5, 5.41) is 1.20. The third kappa shape index (κ3) is 3.48. The fourth-order valence-electron chi connectivity index (χ4n) is 3.07. The summed E-state index contributed by atoms with van der Waals surface area (Å²) in [5.74, 6) is 2.05. The molecule has 0 saturated heterocycles. The summed E-state index contributed by atoms with van der Waals surface area (Å²) in [6, 6.07) is 10.3. The predicted octanol–water partition coefficient (Wildman–Crippen LogP) is 4.74. The maximum Gasteiger partial charge on any atom is 0.238 e. The van der Waals surface area contributed by atoms with Gasteiger partial charge in [0.15, 0.2) is 0 Å². The number of methoxy groups -OCH3 is 1. The number of aromatic nitrogens is 2. The fourth-order valence-corrected chi connectivity index (χ4v) is 3.07. The second-order valence-corrected chi connectivity index (χ2v) is 6.87. The van der Waals surface area contributed by atoms with Crippen LogP contribution in [0.4, 0.5) is 0 Å². The van der Waals surface area contributed by atoms with Crippen LogP contribution in [0.15, 0.2) is 36.5 Å². The Morgan fingerprint density at radius 2 is 1.96 bits per heavy atom. The van der Waals surface area contributed by atoms with Gasteiger partial charge in [-0.15, -0.1) is 0 Å². The average Bonchev–Trinajstić information content (AvgIpc) is 2.85. The Morgan fingerprint density at radius 1 is 1.16 bits per heavy atom. The molecule has 0 bridgehead atoms. The highest BCUT2D eigenvalue weighted by molar-refractivity contribution is 5.89. The van der Waals surface area contributed by atoms with Crippen LogP contribution in [0.5, 0.6) is 11.6 Å². The molecule has 0 spiro atoms. The maximum atomic E-state index is 6.02. The summed E-state index contributed by atoms with van der Waals surface area (Å²) in [6.07, 6.45) is 1.83. The predicted molar refractivity (Wildman–Crippen MR) is 102 cm³/mol. The fraction of sp³-hybridized carbons (Fsp3) is 0.381. The van der Waals surface area contributed by atoms with E-state index in [2.05, 4.69) is 55.4 Å². The van der Waals surface area contributed by atoms with E-state index in [1.807, 2.05) is 18.3 Å². The molecule has 0 fully saturated rings. The van der Waals surface area contributed by atoms with Gasteiger partial charge in [0, 0.05) is 23.8 Å². The molecule has 0 N–H and O–H groups in total. The van der Waals surface area contributed by atoms with Crippen molar-refractivity contribution in [1.29, 1.82) is 0 Å². The van der Waals surface area contributed by atoms with Crippen LogP contribution in [0.25, 0.3) is 10.9 Å². The van der Waals surface area contributed by atoms with Crippen molar-refractivity contribution in [1.82, 2.24) is 9.55 Å². The molecule has 0 amide bonds. The first-order valence-corrected chi connectivity index (χ1v) is 8.71. The van der Waals surface area contributed by atoms with Crippen molar-refractivity contribution in [3.63, 3.8) is 0 Å². The summed E-state index contributed by atoms with van der Waals surface area (Å²) < 4.78 is 13.7. The van der Waals surface area contributed by atoms with Crippen LogP contribution in [-0.4, -0.2) is 23.3 Å². The topological polar surface area (TPSA) is 36.3 Å². The van der Waals surface area contributed by atoms with Crippen LogP contribution in [0, 0.1) is 19.8 Å². The molecule has 2 heterocycles. The van der Waals surface area contributed by atoms with Crippen LogP contribution in [0.1, 0.15) is 30.7 Å². The zero-order valence-electron chi connectivity index (χ0n) is 15.7. The summed E-state index contributed by atoms with van der Waals surface area (Å²) in [6.45, 7) is 10.0. The van der Waals surface area contributed by atoms with E-state index >= 15 is 0 Å². The zero-order chi connectivity index (χ0) is 18.0. The van der Waals surface area contributed by atoms with E-state index in [0.717, 1.165) is 17.8 Å². The van der Waals surface area contributed by atoms with E-state index in [1.54, 1.807) is 7.11 Å².